The van der Waals surface area contributed by atoms with Gasteiger partial charge in [-0.3, -0.25) is 4.79 Å². The molecule has 2 N–H and O–H groups in total. The number of carbonyl (C=O) groups excluding carboxylic acids is 1. The molecule has 0 saturated carbocycles. The van der Waals surface area contributed by atoms with Crippen LogP contribution in [0.4, 0.5) is 0 Å². The van der Waals surface area contributed by atoms with Crippen LogP contribution in [0.3, 0.4) is 0 Å². The first-order valence-corrected chi connectivity index (χ1v) is 7.87. The van der Waals surface area contributed by atoms with Gasteiger partial charge in [0.05, 0.1) is 0 Å². The number of ether oxygens (including phenoxy) is 1. The molecule has 0 radical (unpaired) electrons. The van der Waals surface area contributed by atoms with E-state index < -0.39 is 0 Å². The number of aryl methyl sites for hydroxylation is 2. The van der Waals surface area contributed by atoms with Gasteiger partial charge in [0.25, 0.3) is 5.91 Å². The molecule has 2 heterocycles. The Hall–Kier alpha value is -1.26. The molecule has 2 atom stereocenters. The van der Waals surface area contributed by atoms with Crippen molar-refractivity contribution in [3.8, 4) is 5.75 Å². The SMILES string of the molecule is Cc1cc2c(cc1C)OC(C(=O)N1CCCCC1CN)C2.Cl. The van der Waals surface area contributed by atoms with Gasteiger partial charge in [-0.05, 0) is 55.9 Å². The number of rotatable bonds is 2. The second kappa shape index (κ2) is 6.88. The summed E-state index contributed by atoms with van der Waals surface area (Å²) in [6.45, 7) is 5.53. The number of nitrogens with zero attached hydrogens (tertiary/aromatic N) is 1. The summed E-state index contributed by atoms with van der Waals surface area (Å²) in [7, 11) is 0. The quantitative estimate of drug-likeness (QED) is 0.908. The van der Waals surface area contributed by atoms with Crippen molar-refractivity contribution in [3.05, 3.63) is 28.8 Å². The molecule has 1 fully saturated rings. The number of benzene rings is 1. The van der Waals surface area contributed by atoms with Crippen molar-refractivity contribution in [1.29, 1.82) is 0 Å². The molecule has 0 aromatic heterocycles. The Bertz CT molecular complexity index is 531. The van der Waals surface area contributed by atoms with Crippen molar-refractivity contribution in [2.24, 2.45) is 5.73 Å². The Balaban J connectivity index is 0.00000176. The second-order valence-corrected chi connectivity index (χ2v) is 6.27. The molecule has 1 aromatic carbocycles. The second-order valence-electron chi connectivity index (χ2n) is 6.27. The molecule has 2 aliphatic heterocycles. The third kappa shape index (κ3) is 3.08. The Kier molecular flexibility index (Phi) is 5.35. The lowest BCUT2D eigenvalue weighted by molar-refractivity contribution is -0.141. The van der Waals surface area contributed by atoms with E-state index in [0.717, 1.165) is 37.1 Å². The summed E-state index contributed by atoms with van der Waals surface area (Å²) in [4.78, 5) is 14.7. The minimum absolute atomic E-state index is 0. The molecule has 1 saturated heterocycles. The first-order chi connectivity index (χ1) is 10.1. The number of carbonyl (C=O) groups is 1. The van der Waals surface area contributed by atoms with E-state index >= 15 is 0 Å². The molecule has 2 aliphatic rings. The molecule has 122 valence electrons. The fourth-order valence-electron chi connectivity index (χ4n) is 3.37. The molecule has 2 unspecified atom stereocenters. The monoisotopic (exact) mass is 324 g/mol. The normalized spacial score (nSPS) is 23.5. The van der Waals surface area contributed by atoms with E-state index in [-0.39, 0.29) is 30.5 Å². The molecular formula is C17H25ClN2O2. The Morgan fingerprint density at radius 3 is 2.77 bits per heavy atom. The highest BCUT2D eigenvalue weighted by atomic mass is 35.5. The van der Waals surface area contributed by atoms with Crippen LogP contribution in [-0.4, -0.2) is 36.0 Å². The first kappa shape index (κ1) is 17.1. The molecule has 5 heteroatoms. The number of amides is 1. The first-order valence-electron chi connectivity index (χ1n) is 7.87. The van der Waals surface area contributed by atoms with Crippen LogP contribution in [-0.2, 0) is 11.2 Å². The molecule has 4 nitrogen and oxygen atoms in total. The van der Waals surface area contributed by atoms with Gasteiger partial charge in [0.2, 0.25) is 0 Å². The smallest absolute Gasteiger partial charge is 0.264 e. The largest absolute Gasteiger partial charge is 0.480 e. The minimum Gasteiger partial charge on any atom is -0.480 e. The van der Waals surface area contributed by atoms with Crippen molar-refractivity contribution in [2.45, 2.75) is 51.7 Å². The highest BCUT2D eigenvalue weighted by Crippen LogP contribution is 2.32. The van der Waals surface area contributed by atoms with Gasteiger partial charge in [0.1, 0.15) is 5.75 Å². The maximum atomic E-state index is 12.8. The fourth-order valence-corrected chi connectivity index (χ4v) is 3.37. The van der Waals surface area contributed by atoms with Crippen molar-refractivity contribution in [3.63, 3.8) is 0 Å². The Morgan fingerprint density at radius 2 is 2.05 bits per heavy atom. The summed E-state index contributed by atoms with van der Waals surface area (Å²) in [5.41, 5.74) is 9.43. The van der Waals surface area contributed by atoms with Crippen LogP contribution in [0.2, 0.25) is 0 Å². The van der Waals surface area contributed by atoms with Gasteiger partial charge in [-0.15, -0.1) is 12.4 Å². The van der Waals surface area contributed by atoms with E-state index in [9.17, 15) is 4.79 Å². The zero-order valence-electron chi connectivity index (χ0n) is 13.3. The average Bonchev–Trinajstić information content (AvgIpc) is 2.89. The van der Waals surface area contributed by atoms with Gasteiger partial charge in [0, 0.05) is 25.6 Å². The lowest BCUT2D eigenvalue weighted by Gasteiger charge is -2.36. The van der Waals surface area contributed by atoms with Gasteiger partial charge in [0.15, 0.2) is 6.10 Å². The number of halogens is 1. The fraction of sp³-hybridized carbons (Fsp3) is 0.588. The van der Waals surface area contributed by atoms with Gasteiger partial charge >= 0.3 is 0 Å². The molecule has 1 amide bonds. The van der Waals surface area contributed by atoms with Crippen molar-refractivity contribution in [1.82, 2.24) is 4.90 Å². The molecule has 22 heavy (non-hydrogen) atoms. The summed E-state index contributed by atoms with van der Waals surface area (Å²) in [6, 6.07) is 4.38. The van der Waals surface area contributed by atoms with Crippen molar-refractivity contribution >= 4 is 18.3 Å². The highest BCUT2D eigenvalue weighted by molar-refractivity contribution is 5.85. The Labute approximate surface area is 138 Å². The van der Waals surface area contributed by atoms with Crippen LogP contribution >= 0.6 is 12.4 Å². The Morgan fingerprint density at radius 1 is 1.32 bits per heavy atom. The van der Waals surface area contributed by atoms with Gasteiger partial charge in [-0.1, -0.05) is 6.07 Å². The summed E-state index contributed by atoms with van der Waals surface area (Å²) in [5, 5.41) is 0. The van der Waals surface area contributed by atoms with Gasteiger partial charge in [-0.2, -0.15) is 0 Å². The molecule has 0 aliphatic carbocycles. The predicted molar refractivity (Wildman–Crippen MR) is 89.7 cm³/mol. The molecule has 0 spiro atoms. The standard InChI is InChI=1S/C17H24N2O2.ClH/c1-11-7-13-9-16(21-15(13)8-12(11)2)17(20)19-6-4-3-5-14(19)10-18;/h7-8,14,16H,3-6,9-10,18H2,1-2H3;1H. The minimum atomic E-state index is -0.367. The predicted octanol–water partition coefficient (Wildman–Crippen LogP) is 2.37. The van der Waals surface area contributed by atoms with E-state index in [1.165, 1.54) is 11.1 Å². The summed E-state index contributed by atoms with van der Waals surface area (Å²) < 4.78 is 5.92. The van der Waals surface area contributed by atoms with Crippen LogP contribution in [0.15, 0.2) is 12.1 Å². The van der Waals surface area contributed by atoms with E-state index in [1.54, 1.807) is 0 Å². The zero-order chi connectivity index (χ0) is 15.0. The average molecular weight is 325 g/mol. The maximum absolute atomic E-state index is 12.8. The molecule has 1 aromatic rings. The van der Waals surface area contributed by atoms with Gasteiger partial charge in [-0.25, -0.2) is 0 Å². The van der Waals surface area contributed by atoms with E-state index in [0.29, 0.717) is 13.0 Å². The lowest BCUT2D eigenvalue weighted by Crippen LogP contribution is -2.52. The number of nitrogens with two attached hydrogens (primary N) is 1. The van der Waals surface area contributed by atoms with E-state index in [4.69, 9.17) is 10.5 Å². The van der Waals surface area contributed by atoms with Crippen molar-refractivity contribution < 1.29 is 9.53 Å². The zero-order valence-corrected chi connectivity index (χ0v) is 14.1. The lowest BCUT2D eigenvalue weighted by atomic mass is 9.99. The number of likely N-dealkylation sites (tertiary alicyclic amines) is 1. The van der Waals surface area contributed by atoms with Crippen LogP contribution in [0.25, 0.3) is 0 Å². The van der Waals surface area contributed by atoms with Crippen LogP contribution < -0.4 is 10.5 Å². The van der Waals surface area contributed by atoms with Crippen LogP contribution in [0.1, 0.15) is 36.0 Å². The van der Waals surface area contributed by atoms with Crippen molar-refractivity contribution in [2.75, 3.05) is 13.1 Å². The number of fused-ring (bicyclic) bond motifs is 1. The number of hydrogen-bond acceptors (Lipinski definition) is 3. The number of piperidine rings is 1. The van der Waals surface area contributed by atoms with E-state index in [1.807, 2.05) is 4.90 Å². The molecular weight excluding hydrogens is 300 g/mol. The summed E-state index contributed by atoms with van der Waals surface area (Å²) in [5.74, 6) is 0.981. The van der Waals surface area contributed by atoms with E-state index in [2.05, 4.69) is 26.0 Å². The maximum Gasteiger partial charge on any atom is 0.264 e. The number of hydrogen-bond donors (Lipinski definition) is 1. The molecule has 0 bridgehead atoms. The third-order valence-corrected chi connectivity index (χ3v) is 4.81. The highest BCUT2D eigenvalue weighted by Gasteiger charge is 2.36. The molecule has 3 rings (SSSR count). The van der Waals surface area contributed by atoms with Crippen LogP contribution in [0, 0.1) is 13.8 Å². The summed E-state index contributed by atoms with van der Waals surface area (Å²) >= 11 is 0. The van der Waals surface area contributed by atoms with Gasteiger partial charge < -0.3 is 15.4 Å². The topological polar surface area (TPSA) is 55.6 Å². The summed E-state index contributed by atoms with van der Waals surface area (Å²) in [6.07, 6.45) is 3.56. The van der Waals surface area contributed by atoms with Crippen LogP contribution in [0.5, 0.6) is 5.75 Å². The third-order valence-electron chi connectivity index (χ3n) is 4.81.